The lowest BCUT2D eigenvalue weighted by molar-refractivity contribution is 0.977. The van der Waals surface area contributed by atoms with Gasteiger partial charge >= 0.3 is 0 Å². The first-order valence-corrected chi connectivity index (χ1v) is 11.1. The van der Waals surface area contributed by atoms with Gasteiger partial charge in [-0.2, -0.15) is 0 Å². The zero-order chi connectivity index (χ0) is 22.7. The molecule has 164 valence electrons. The average molecular weight is 443 g/mol. The van der Waals surface area contributed by atoms with Crippen LogP contribution in [0.1, 0.15) is 22.6 Å². The predicted octanol–water partition coefficient (Wildman–Crippen LogP) is 6.04. The van der Waals surface area contributed by atoms with Crippen LogP contribution in [-0.2, 0) is 0 Å². The average Bonchev–Trinajstić information content (AvgIpc) is 3.69. The largest absolute Gasteiger partial charge is 0.345 e. The highest BCUT2D eigenvalue weighted by atomic mass is 14.9. The van der Waals surface area contributed by atoms with Gasteiger partial charge in [-0.3, -0.25) is 0 Å². The van der Waals surface area contributed by atoms with E-state index in [1.807, 2.05) is 18.6 Å². The highest BCUT2D eigenvalue weighted by Crippen LogP contribution is 2.34. The van der Waals surface area contributed by atoms with E-state index in [-0.39, 0.29) is 5.92 Å². The van der Waals surface area contributed by atoms with Crippen molar-refractivity contribution >= 4 is 0 Å². The molecule has 6 heteroatoms. The van der Waals surface area contributed by atoms with Crippen LogP contribution in [0, 0.1) is 0 Å². The lowest BCUT2D eigenvalue weighted by Crippen LogP contribution is -2.04. The Morgan fingerprint density at radius 3 is 0.941 bits per heavy atom. The Morgan fingerprint density at radius 2 is 0.706 bits per heavy atom. The number of imidazole rings is 3. The highest BCUT2D eigenvalue weighted by Gasteiger charge is 2.18. The van der Waals surface area contributed by atoms with Gasteiger partial charge in [0.05, 0.1) is 0 Å². The van der Waals surface area contributed by atoms with Gasteiger partial charge in [0.2, 0.25) is 0 Å². The zero-order valence-corrected chi connectivity index (χ0v) is 18.3. The molecule has 0 amide bonds. The van der Waals surface area contributed by atoms with Crippen molar-refractivity contribution in [1.29, 1.82) is 0 Å². The first-order chi connectivity index (χ1) is 16.8. The number of H-pyrrole nitrogens is 3. The molecule has 0 saturated heterocycles. The van der Waals surface area contributed by atoms with E-state index >= 15 is 0 Å². The Hall–Kier alpha value is -4.71. The fraction of sp³-hybridized carbons (Fsp3) is 0.0357. The first-order valence-electron chi connectivity index (χ1n) is 11.1. The summed E-state index contributed by atoms with van der Waals surface area (Å²) in [5.74, 6) is 2.69. The minimum atomic E-state index is 0.0851. The first kappa shape index (κ1) is 19.9. The summed E-state index contributed by atoms with van der Waals surface area (Å²) in [6, 6.07) is 25.8. The van der Waals surface area contributed by atoms with Crippen LogP contribution in [0.4, 0.5) is 0 Å². The van der Waals surface area contributed by atoms with E-state index in [2.05, 4.69) is 103 Å². The van der Waals surface area contributed by atoms with Gasteiger partial charge in [0, 0.05) is 59.8 Å². The Labute approximate surface area is 196 Å². The maximum Gasteiger partial charge on any atom is 0.137 e. The molecular formula is C28H22N6. The molecule has 0 saturated carbocycles. The fourth-order valence-electron chi connectivity index (χ4n) is 4.35. The summed E-state index contributed by atoms with van der Waals surface area (Å²) < 4.78 is 0. The van der Waals surface area contributed by atoms with Crippen molar-refractivity contribution in [3.8, 4) is 34.2 Å². The van der Waals surface area contributed by atoms with E-state index in [0.29, 0.717) is 0 Å². The summed E-state index contributed by atoms with van der Waals surface area (Å²) in [5, 5.41) is 0. The third-order valence-electron chi connectivity index (χ3n) is 6.05. The third kappa shape index (κ3) is 3.82. The fourth-order valence-corrected chi connectivity index (χ4v) is 4.35. The van der Waals surface area contributed by atoms with Crippen molar-refractivity contribution < 1.29 is 0 Å². The van der Waals surface area contributed by atoms with Crippen molar-refractivity contribution in [2.45, 2.75) is 5.92 Å². The van der Waals surface area contributed by atoms with Crippen molar-refractivity contribution in [1.82, 2.24) is 29.9 Å². The monoisotopic (exact) mass is 442 g/mol. The lowest BCUT2D eigenvalue weighted by Gasteiger charge is -2.20. The minimum absolute atomic E-state index is 0.0851. The second kappa shape index (κ2) is 8.67. The molecule has 0 atom stereocenters. The molecule has 0 radical (unpaired) electrons. The van der Waals surface area contributed by atoms with Crippen molar-refractivity contribution in [2.24, 2.45) is 0 Å². The molecule has 3 heterocycles. The standard InChI is InChI=1S/C28H22N6/c1-7-22(26-29-13-14-30-26)8-2-19(1)25(20-3-9-23(10-4-20)27-31-15-16-32-27)21-5-11-24(12-6-21)28-33-17-18-34-28/h1-18,25H,(H,29,30)(H,31,32)(H,33,34). The molecule has 3 aromatic heterocycles. The molecule has 0 unspecified atom stereocenters. The molecule has 0 bridgehead atoms. The summed E-state index contributed by atoms with van der Waals surface area (Å²) in [4.78, 5) is 22.6. The number of hydrogen-bond donors (Lipinski definition) is 3. The van der Waals surface area contributed by atoms with Gasteiger partial charge in [-0.25, -0.2) is 15.0 Å². The van der Waals surface area contributed by atoms with Gasteiger partial charge < -0.3 is 15.0 Å². The Morgan fingerprint density at radius 1 is 0.412 bits per heavy atom. The SMILES string of the molecule is c1c[nH]c(-c2ccc(C(c3ccc(-c4ncc[nH]4)cc3)c3ccc(-c4ncc[nH]4)cc3)cc2)n1. The lowest BCUT2D eigenvalue weighted by atomic mass is 9.84. The maximum atomic E-state index is 4.37. The van der Waals surface area contributed by atoms with Gasteiger partial charge in [0.15, 0.2) is 0 Å². The smallest absolute Gasteiger partial charge is 0.137 e. The molecule has 0 aliphatic carbocycles. The van der Waals surface area contributed by atoms with Crippen LogP contribution in [0.2, 0.25) is 0 Å². The maximum absolute atomic E-state index is 4.37. The number of nitrogens with one attached hydrogen (secondary N) is 3. The van der Waals surface area contributed by atoms with Gasteiger partial charge in [0.25, 0.3) is 0 Å². The summed E-state index contributed by atoms with van der Waals surface area (Å²) in [7, 11) is 0. The van der Waals surface area contributed by atoms with Crippen LogP contribution in [0.3, 0.4) is 0 Å². The van der Waals surface area contributed by atoms with Gasteiger partial charge in [0.1, 0.15) is 17.5 Å². The summed E-state index contributed by atoms with van der Waals surface area (Å²) in [6.07, 6.45) is 10.8. The molecular weight excluding hydrogens is 420 g/mol. The molecule has 34 heavy (non-hydrogen) atoms. The topological polar surface area (TPSA) is 86.0 Å². The van der Waals surface area contributed by atoms with Crippen LogP contribution in [0.25, 0.3) is 34.2 Å². The summed E-state index contributed by atoms with van der Waals surface area (Å²) >= 11 is 0. The van der Waals surface area contributed by atoms with E-state index in [1.54, 1.807) is 18.6 Å². The van der Waals surface area contributed by atoms with E-state index in [0.717, 1.165) is 34.2 Å². The highest BCUT2D eigenvalue weighted by molar-refractivity contribution is 5.60. The molecule has 6 nitrogen and oxygen atoms in total. The molecule has 0 aliphatic rings. The van der Waals surface area contributed by atoms with Gasteiger partial charge in [-0.1, -0.05) is 72.8 Å². The van der Waals surface area contributed by atoms with Crippen LogP contribution in [-0.4, -0.2) is 29.9 Å². The van der Waals surface area contributed by atoms with Crippen LogP contribution in [0.15, 0.2) is 110 Å². The number of benzene rings is 3. The molecule has 0 fully saturated rings. The second-order valence-corrected chi connectivity index (χ2v) is 8.11. The quantitative estimate of drug-likeness (QED) is 0.275. The van der Waals surface area contributed by atoms with E-state index in [1.165, 1.54) is 16.7 Å². The van der Waals surface area contributed by atoms with Crippen LogP contribution >= 0.6 is 0 Å². The Kier molecular flexibility index (Phi) is 5.09. The zero-order valence-electron chi connectivity index (χ0n) is 18.3. The second-order valence-electron chi connectivity index (χ2n) is 8.11. The van der Waals surface area contributed by atoms with E-state index in [9.17, 15) is 0 Å². The molecule has 6 rings (SSSR count). The van der Waals surface area contributed by atoms with E-state index in [4.69, 9.17) is 0 Å². The normalized spacial score (nSPS) is 11.2. The van der Waals surface area contributed by atoms with Crippen molar-refractivity contribution in [2.75, 3.05) is 0 Å². The molecule has 0 spiro atoms. The summed E-state index contributed by atoms with van der Waals surface area (Å²) in [6.45, 7) is 0. The Balaban J connectivity index is 1.39. The summed E-state index contributed by atoms with van der Waals surface area (Å²) in [5.41, 5.74) is 6.84. The molecule has 6 aromatic rings. The molecule has 0 aliphatic heterocycles. The number of aromatic amines is 3. The number of nitrogens with zero attached hydrogens (tertiary/aromatic N) is 3. The molecule has 3 N–H and O–H groups in total. The van der Waals surface area contributed by atoms with Crippen molar-refractivity contribution in [3.63, 3.8) is 0 Å². The Bertz CT molecular complexity index is 1260. The number of aromatic nitrogens is 6. The van der Waals surface area contributed by atoms with E-state index < -0.39 is 0 Å². The predicted molar refractivity (Wildman–Crippen MR) is 133 cm³/mol. The number of hydrogen-bond acceptors (Lipinski definition) is 3. The molecule has 3 aromatic carbocycles. The van der Waals surface area contributed by atoms with Crippen LogP contribution in [0.5, 0.6) is 0 Å². The van der Waals surface area contributed by atoms with Gasteiger partial charge in [-0.15, -0.1) is 0 Å². The van der Waals surface area contributed by atoms with Crippen molar-refractivity contribution in [3.05, 3.63) is 127 Å². The van der Waals surface area contributed by atoms with Gasteiger partial charge in [-0.05, 0) is 16.7 Å². The minimum Gasteiger partial charge on any atom is -0.345 e. The number of rotatable bonds is 6. The van der Waals surface area contributed by atoms with Crippen LogP contribution < -0.4 is 0 Å². The third-order valence-corrected chi connectivity index (χ3v) is 6.05.